The van der Waals surface area contributed by atoms with Gasteiger partial charge in [0.2, 0.25) is 0 Å². The zero-order chi connectivity index (χ0) is 12.4. The largest absolute Gasteiger partial charge is 0.377 e. The zero-order valence-electron chi connectivity index (χ0n) is 10.4. The number of rotatable bonds is 2. The Labute approximate surface area is 101 Å². The van der Waals surface area contributed by atoms with Crippen LogP contribution in [0.4, 0.5) is 5.69 Å². The number of aromatic nitrogens is 1. The van der Waals surface area contributed by atoms with Crippen LogP contribution in [0, 0.1) is 18.3 Å². The summed E-state index contributed by atoms with van der Waals surface area (Å²) in [6.45, 7) is 1.96. The molecule has 86 valence electrons. The van der Waals surface area contributed by atoms with Gasteiger partial charge in [-0.2, -0.15) is 5.26 Å². The van der Waals surface area contributed by atoms with Crippen LogP contribution >= 0.6 is 0 Å². The SMILES string of the molecule is Cc1nc2ccccc2c(N(C)C)c1CC#N. The molecular weight excluding hydrogens is 210 g/mol. The molecule has 0 amide bonds. The summed E-state index contributed by atoms with van der Waals surface area (Å²) >= 11 is 0. The molecular formula is C14H15N3. The van der Waals surface area contributed by atoms with Crippen LogP contribution in [0.15, 0.2) is 24.3 Å². The van der Waals surface area contributed by atoms with Crippen molar-refractivity contribution in [3.63, 3.8) is 0 Å². The van der Waals surface area contributed by atoms with E-state index in [4.69, 9.17) is 5.26 Å². The van der Waals surface area contributed by atoms with E-state index in [1.54, 1.807) is 0 Å². The molecule has 1 aromatic heterocycles. The lowest BCUT2D eigenvalue weighted by Crippen LogP contribution is -2.13. The Bertz CT molecular complexity index is 594. The molecule has 0 spiro atoms. The molecule has 1 heterocycles. The Balaban J connectivity index is 2.84. The maximum Gasteiger partial charge on any atom is 0.0726 e. The summed E-state index contributed by atoms with van der Waals surface area (Å²) in [6, 6.07) is 10.3. The fraction of sp³-hybridized carbons (Fsp3) is 0.286. The van der Waals surface area contributed by atoms with Crippen molar-refractivity contribution >= 4 is 16.6 Å². The van der Waals surface area contributed by atoms with Crippen molar-refractivity contribution in [3.8, 4) is 6.07 Å². The van der Waals surface area contributed by atoms with Crippen molar-refractivity contribution in [2.24, 2.45) is 0 Å². The van der Waals surface area contributed by atoms with Gasteiger partial charge in [-0.15, -0.1) is 0 Å². The monoisotopic (exact) mass is 225 g/mol. The van der Waals surface area contributed by atoms with Crippen LogP contribution < -0.4 is 4.90 Å². The lowest BCUT2D eigenvalue weighted by molar-refractivity contribution is 1.06. The predicted octanol–water partition coefficient (Wildman–Crippen LogP) is 2.68. The second-order valence-corrected chi connectivity index (χ2v) is 4.27. The molecule has 3 heteroatoms. The molecule has 3 nitrogen and oxygen atoms in total. The number of anilines is 1. The number of hydrogen-bond acceptors (Lipinski definition) is 3. The summed E-state index contributed by atoms with van der Waals surface area (Å²) in [4.78, 5) is 6.62. The number of hydrogen-bond donors (Lipinski definition) is 0. The molecule has 2 rings (SSSR count). The second-order valence-electron chi connectivity index (χ2n) is 4.27. The number of nitrogens with zero attached hydrogens (tertiary/aromatic N) is 3. The van der Waals surface area contributed by atoms with E-state index in [9.17, 15) is 0 Å². The summed E-state index contributed by atoms with van der Waals surface area (Å²) in [5.74, 6) is 0. The number of benzene rings is 1. The molecule has 0 saturated heterocycles. The Morgan fingerprint density at radius 2 is 2.00 bits per heavy atom. The van der Waals surface area contributed by atoms with Gasteiger partial charge in [-0.25, -0.2) is 0 Å². The first-order valence-corrected chi connectivity index (χ1v) is 5.57. The van der Waals surface area contributed by atoms with Crippen LogP contribution in [-0.2, 0) is 6.42 Å². The molecule has 0 saturated carbocycles. The normalized spacial score (nSPS) is 10.2. The summed E-state index contributed by atoms with van der Waals surface area (Å²) < 4.78 is 0. The van der Waals surface area contributed by atoms with Gasteiger partial charge < -0.3 is 4.90 Å². The van der Waals surface area contributed by atoms with Gasteiger partial charge in [0.15, 0.2) is 0 Å². The highest BCUT2D eigenvalue weighted by molar-refractivity contribution is 5.93. The molecule has 0 bridgehead atoms. The van der Waals surface area contributed by atoms with E-state index in [0.29, 0.717) is 6.42 Å². The van der Waals surface area contributed by atoms with Crippen molar-refractivity contribution in [3.05, 3.63) is 35.5 Å². The van der Waals surface area contributed by atoms with Gasteiger partial charge in [0, 0.05) is 30.7 Å². The highest BCUT2D eigenvalue weighted by Crippen LogP contribution is 2.30. The lowest BCUT2D eigenvalue weighted by Gasteiger charge is -2.20. The van der Waals surface area contributed by atoms with Gasteiger partial charge in [0.25, 0.3) is 0 Å². The smallest absolute Gasteiger partial charge is 0.0726 e. The molecule has 0 N–H and O–H groups in total. The van der Waals surface area contributed by atoms with Crippen molar-refractivity contribution in [1.29, 1.82) is 5.26 Å². The molecule has 2 aromatic rings. The Morgan fingerprint density at radius 3 is 2.65 bits per heavy atom. The number of nitriles is 1. The van der Waals surface area contributed by atoms with Crippen LogP contribution in [0.25, 0.3) is 10.9 Å². The van der Waals surface area contributed by atoms with E-state index in [1.165, 1.54) is 0 Å². The molecule has 0 unspecified atom stereocenters. The summed E-state index contributed by atoms with van der Waals surface area (Å²) in [5, 5.41) is 10.0. The zero-order valence-corrected chi connectivity index (χ0v) is 10.4. The van der Waals surface area contributed by atoms with E-state index in [2.05, 4.69) is 22.0 Å². The van der Waals surface area contributed by atoms with Gasteiger partial charge in [-0.05, 0) is 13.0 Å². The highest BCUT2D eigenvalue weighted by atomic mass is 15.1. The molecule has 0 fully saturated rings. The van der Waals surface area contributed by atoms with E-state index in [1.807, 2.05) is 39.2 Å². The van der Waals surface area contributed by atoms with Crippen molar-refractivity contribution < 1.29 is 0 Å². The van der Waals surface area contributed by atoms with Gasteiger partial charge in [0.05, 0.1) is 23.7 Å². The maximum atomic E-state index is 8.93. The minimum atomic E-state index is 0.400. The van der Waals surface area contributed by atoms with E-state index >= 15 is 0 Å². The highest BCUT2D eigenvalue weighted by Gasteiger charge is 2.13. The number of fused-ring (bicyclic) bond motifs is 1. The molecule has 0 aliphatic heterocycles. The standard InChI is InChI=1S/C14H15N3/c1-10-11(8-9-15)14(17(2)3)12-6-4-5-7-13(12)16-10/h4-7H,8H2,1-3H3. The predicted molar refractivity (Wildman–Crippen MR) is 70.1 cm³/mol. The fourth-order valence-corrected chi connectivity index (χ4v) is 2.15. The first-order valence-electron chi connectivity index (χ1n) is 5.57. The van der Waals surface area contributed by atoms with Crippen LogP contribution in [0.5, 0.6) is 0 Å². The second kappa shape index (κ2) is 4.42. The van der Waals surface area contributed by atoms with Gasteiger partial charge in [0.1, 0.15) is 0 Å². The van der Waals surface area contributed by atoms with Crippen LogP contribution in [0.3, 0.4) is 0 Å². The van der Waals surface area contributed by atoms with Gasteiger partial charge in [-0.3, -0.25) is 4.98 Å². The van der Waals surface area contributed by atoms with Crippen LogP contribution in [0.2, 0.25) is 0 Å². The number of aryl methyl sites for hydroxylation is 1. The minimum absolute atomic E-state index is 0.400. The summed E-state index contributed by atoms with van der Waals surface area (Å²) in [6.07, 6.45) is 0.400. The molecule has 0 radical (unpaired) electrons. The quantitative estimate of drug-likeness (QED) is 0.788. The third-order valence-corrected chi connectivity index (χ3v) is 2.87. The van der Waals surface area contributed by atoms with E-state index < -0.39 is 0 Å². The molecule has 0 atom stereocenters. The Morgan fingerprint density at radius 1 is 1.29 bits per heavy atom. The van der Waals surface area contributed by atoms with Gasteiger partial charge >= 0.3 is 0 Å². The molecule has 0 aliphatic rings. The third kappa shape index (κ3) is 1.94. The Hall–Kier alpha value is -2.08. The molecule has 0 aliphatic carbocycles. The Kier molecular flexibility index (Phi) is 2.97. The van der Waals surface area contributed by atoms with Crippen LogP contribution in [0.1, 0.15) is 11.3 Å². The van der Waals surface area contributed by atoms with E-state index in [0.717, 1.165) is 27.8 Å². The average Bonchev–Trinajstić information content (AvgIpc) is 2.29. The van der Waals surface area contributed by atoms with Crippen LogP contribution in [-0.4, -0.2) is 19.1 Å². The molecule has 17 heavy (non-hydrogen) atoms. The number of pyridine rings is 1. The summed E-state index contributed by atoms with van der Waals surface area (Å²) in [7, 11) is 4.00. The van der Waals surface area contributed by atoms with Crippen molar-refractivity contribution in [1.82, 2.24) is 4.98 Å². The topological polar surface area (TPSA) is 39.9 Å². The van der Waals surface area contributed by atoms with Crippen molar-refractivity contribution in [2.45, 2.75) is 13.3 Å². The minimum Gasteiger partial charge on any atom is -0.377 e. The molecule has 1 aromatic carbocycles. The third-order valence-electron chi connectivity index (χ3n) is 2.87. The van der Waals surface area contributed by atoms with Gasteiger partial charge in [-0.1, -0.05) is 18.2 Å². The fourth-order valence-electron chi connectivity index (χ4n) is 2.15. The average molecular weight is 225 g/mol. The first-order chi connectivity index (χ1) is 8.15. The first kappa shape index (κ1) is 11.4. The number of para-hydroxylation sites is 1. The maximum absolute atomic E-state index is 8.93. The lowest BCUT2D eigenvalue weighted by atomic mass is 10.0. The van der Waals surface area contributed by atoms with E-state index in [-0.39, 0.29) is 0 Å². The van der Waals surface area contributed by atoms with Crippen molar-refractivity contribution in [2.75, 3.05) is 19.0 Å². The summed E-state index contributed by atoms with van der Waals surface area (Å²) in [5.41, 5.74) is 4.05.